The molecule has 0 bridgehead atoms. The molecule has 164 valence electrons. The Balaban J connectivity index is 1.20. The SMILES string of the molecule is O=C(CCC(=O)N1CCSc2ccccc21)NCc1ccc(OCc2ccccn2)cc1. The number of pyridine rings is 1. The number of carbonyl (C=O) groups excluding carboxylic acids is 2. The Morgan fingerprint density at radius 3 is 2.62 bits per heavy atom. The van der Waals surface area contributed by atoms with Crippen LogP contribution in [-0.2, 0) is 22.7 Å². The van der Waals surface area contributed by atoms with Crippen LogP contribution >= 0.6 is 11.8 Å². The molecule has 1 aliphatic heterocycles. The summed E-state index contributed by atoms with van der Waals surface area (Å²) in [5.41, 5.74) is 2.78. The van der Waals surface area contributed by atoms with Crippen molar-refractivity contribution >= 4 is 29.3 Å². The van der Waals surface area contributed by atoms with Crippen LogP contribution in [0.3, 0.4) is 0 Å². The summed E-state index contributed by atoms with van der Waals surface area (Å²) in [6.07, 6.45) is 2.11. The number of nitrogens with zero attached hydrogens (tertiary/aromatic N) is 2. The highest BCUT2D eigenvalue weighted by Gasteiger charge is 2.22. The van der Waals surface area contributed by atoms with E-state index in [1.165, 1.54) is 0 Å². The summed E-state index contributed by atoms with van der Waals surface area (Å²) in [5, 5.41) is 2.89. The molecule has 0 unspecified atom stereocenters. The van der Waals surface area contributed by atoms with E-state index in [-0.39, 0.29) is 24.7 Å². The number of hydrogen-bond donors (Lipinski definition) is 1. The van der Waals surface area contributed by atoms with Crippen molar-refractivity contribution in [1.82, 2.24) is 10.3 Å². The van der Waals surface area contributed by atoms with E-state index in [9.17, 15) is 9.59 Å². The lowest BCUT2D eigenvalue weighted by molar-refractivity contribution is -0.125. The molecule has 0 aliphatic carbocycles. The van der Waals surface area contributed by atoms with Gasteiger partial charge in [0.25, 0.3) is 0 Å². The van der Waals surface area contributed by atoms with Crippen LogP contribution in [0.4, 0.5) is 5.69 Å². The van der Waals surface area contributed by atoms with E-state index in [2.05, 4.69) is 10.3 Å². The third-order valence-corrected chi connectivity index (χ3v) is 6.16. The van der Waals surface area contributed by atoms with Crippen molar-refractivity contribution in [2.45, 2.75) is 30.9 Å². The van der Waals surface area contributed by atoms with Gasteiger partial charge in [-0.15, -0.1) is 11.8 Å². The average molecular weight is 448 g/mol. The highest BCUT2D eigenvalue weighted by atomic mass is 32.2. The average Bonchev–Trinajstić information content (AvgIpc) is 2.85. The maximum absolute atomic E-state index is 12.7. The molecule has 7 heteroatoms. The minimum atomic E-state index is -0.131. The third-order valence-electron chi connectivity index (χ3n) is 5.12. The molecule has 0 saturated carbocycles. The van der Waals surface area contributed by atoms with Gasteiger partial charge in [-0.05, 0) is 42.0 Å². The number of rotatable bonds is 8. The van der Waals surface area contributed by atoms with Crippen LogP contribution in [0.25, 0.3) is 0 Å². The Morgan fingerprint density at radius 1 is 1.00 bits per heavy atom. The summed E-state index contributed by atoms with van der Waals surface area (Å²) in [6.45, 7) is 1.50. The largest absolute Gasteiger partial charge is 0.487 e. The lowest BCUT2D eigenvalue weighted by Gasteiger charge is -2.29. The zero-order valence-corrected chi connectivity index (χ0v) is 18.5. The maximum Gasteiger partial charge on any atom is 0.227 e. The predicted molar refractivity (Wildman–Crippen MR) is 126 cm³/mol. The number of aromatic nitrogens is 1. The van der Waals surface area contributed by atoms with Crippen LogP contribution in [0, 0.1) is 0 Å². The second kappa shape index (κ2) is 10.8. The topological polar surface area (TPSA) is 71.5 Å². The summed E-state index contributed by atoms with van der Waals surface area (Å²) in [6, 6.07) is 21.2. The van der Waals surface area contributed by atoms with E-state index in [1.54, 1.807) is 22.9 Å². The van der Waals surface area contributed by atoms with Crippen LogP contribution in [0.15, 0.2) is 77.8 Å². The highest BCUT2D eigenvalue weighted by Crippen LogP contribution is 2.34. The van der Waals surface area contributed by atoms with E-state index in [0.29, 0.717) is 19.7 Å². The van der Waals surface area contributed by atoms with Crippen molar-refractivity contribution in [1.29, 1.82) is 0 Å². The molecule has 0 radical (unpaired) electrons. The number of benzene rings is 2. The number of hydrogen-bond acceptors (Lipinski definition) is 5. The number of ether oxygens (including phenoxy) is 1. The molecule has 0 fully saturated rings. The van der Waals surface area contributed by atoms with Gasteiger partial charge >= 0.3 is 0 Å². The summed E-state index contributed by atoms with van der Waals surface area (Å²) in [4.78, 5) is 32.1. The molecule has 2 amide bonds. The summed E-state index contributed by atoms with van der Waals surface area (Å²) < 4.78 is 5.73. The molecule has 2 heterocycles. The van der Waals surface area contributed by atoms with Gasteiger partial charge in [-0.25, -0.2) is 0 Å². The zero-order chi connectivity index (χ0) is 22.2. The number of anilines is 1. The van der Waals surface area contributed by atoms with Gasteiger partial charge in [-0.3, -0.25) is 14.6 Å². The van der Waals surface area contributed by atoms with Crippen molar-refractivity contribution in [3.05, 3.63) is 84.2 Å². The molecular formula is C25H25N3O3S. The van der Waals surface area contributed by atoms with Crippen LogP contribution in [0.2, 0.25) is 0 Å². The summed E-state index contributed by atoms with van der Waals surface area (Å²) in [7, 11) is 0. The zero-order valence-electron chi connectivity index (χ0n) is 17.7. The fraction of sp³-hybridized carbons (Fsp3) is 0.240. The number of carbonyl (C=O) groups is 2. The van der Waals surface area contributed by atoms with E-state index in [4.69, 9.17) is 4.74 Å². The van der Waals surface area contributed by atoms with Crippen molar-refractivity contribution < 1.29 is 14.3 Å². The number of nitrogens with one attached hydrogen (secondary N) is 1. The first-order valence-electron chi connectivity index (χ1n) is 10.6. The Morgan fingerprint density at radius 2 is 1.81 bits per heavy atom. The van der Waals surface area contributed by atoms with Gasteiger partial charge in [0.2, 0.25) is 11.8 Å². The molecular weight excluding hydrogens is 422 g/mol. The predicted octanol–water partition coefficient (Wildman–Crippen LogP) is 4.20. The Labute approximate surface area is 192 Å². The molecule has 0 atom stereocenters. The van der Waals surface area contributed by atoms with Gasteiger partial charge in [0, 0.05) is 42.8 Å². The maximum atomic E-state index is 12.7. The van der Waals surface area contributed by atoms with Crippen molar-refractivity contribution in [2.75, 3.05) is 17.2 Å². The highest BCUT2D eigenvalue weighted by molar-refractivity contribution is 7.99. The van der Waals surface area contributed by atoms with Crippen molar-refractivity contribution in [2.24, 2.45) is 0 Å². The fourth-order valence-corrected chi connectivity index (χ4v) is 4.41. The van der Waals surface area contributed by atoms with Crippen molar-refractivity contribution in [3.8, 4) is 5.75 Å². The number of para-hydroxylation sites is 1. The van der Waals surface area contributed by atoms with Gasteiger partial charge < -0.3 is 15.0 Å². The summed E-state index contributed by atoms with van der Waals surface area (Å²) >= 11 is 1.76. The fourth-order valence-electron chi connectivity index (χ4n) is 3.42. The molecule has 6 nitrogen and oxygen atoms in total. The lowest BCUT2D eigenvalue weighted by atomic mass is 10.2. The molecule has 0 spiro atoms. The normalized spacial score (nSPS) is 12.7. The molecule has 32 heavy (non-hydrogen) atoms. The summed E-state index contributed by atoms with van der Waals surface area (Å²) in [5.74, 6) is 1.48. The monoisotopic (exact) mass is 447 g/mol. The molecule has 0 saturated heterocycles. The van der Waals surface area contributed by atoms with E-state index < -0.39 is 0 Å². The smallest absolute Gasteiger partial charge is 0.227 e. The quantitative estimate of drug-likeness (QED) is 0.561. The van der Waals surface area contributed by atoms with Gasteiger partial charge in [-0.1, -0.05) is 30.3 Å². The van der Waals surface area contributed by atoms with Crippen LogP contribution in [-0.4, -0.2) is 29.1 Å². The van der Waals surface area contributed by atoms with Crippen LogP contribution in [0.5, 0.6) is 5.75 Å². The van der Waals surface area contributed by atoms with Gasteiger partial charge in [0.05, 0.1) is 11.4 Å². The number of thioether (sulfide) groups is 1. The molecule has 4 rings (SSSR count). The first kappa shape index (κ1) is 21.9. The van der Waals surface area contributed by atoms with Gasteiger partial charge in [-0.2, -0.15) is 0 Å². The molecule has 1 aliphatic rings. The first-order valence-corrected chi connectivity index (χ1v) is 11.6. The number of fused-ring (bicyclic) bond motifs is 1. The van der Waals surface area contributed by atoms with Gasteiger partial charge in [0.1, 0.15) is 12.4 Å². The second-order valence-corrected chi connectivity index (χ2v) is 8.53. The van der Waals surface area contributed by atoms with Crippen LogP contribution < -0.4 is 15.0 Å². The van der Waals surface area contributed by atoms with Crippen LogP contribution in [0.1, 0.15) is 24.1 Å². The Bertz CT molecular complexity index is 1060. The van der Waals surface area contributed by atoms with E-state index >= 15 is 0 Å². The van der Waals surface area contributed by atoms with Crippen molar-refractivity contribution in [3.63, 3.8) is 0 Å². The standard InChI is InChI=1S/C25H25N3O3S/c29-24(12-13-25(30)28-15-16-32-23-7-2-1-6-22(23)28)27-17-19-8-10-21(11-9-19)31-18-20-5-3-4-14-26-20/h1-11,14H,12-13,15-18H2,(H,27,29). The second-order valence-electron chi connectivity index (χ2n) is 7.39. The Kier molecular flexibility index (Phi) is 7.40. The minimum absolute atomic E-state index is 0.0118. The minimum Gasteiger partial charge on any atom is -0.487 e. The third kappa shape index (κ3) is 5.88. The molecule has 3 aromatic rings. The molecule has 1 N–H and O–H groups in total. The molecule has 2 aromatic carbocycles. The first-order chi connectivity index (χ1) is 15.7. The Hall–Kier alpha value is -3.32. The lowest BCUT2D eigenvalue weighted by Crippen LogP contribution is -2.36. The molecule has 1 aromatic heterocycles. The van der Waals surface area contributed by atoms with E-state index in [0.717, 1.165) is 33.3 Å². The van der Waals surface area contributed by atoms with Gasteiger partial charge in [0.15, 0.2) is 0 Å². The van der Waals surface area contributed by atoms with E-state index in [1.807, 2.05) is 66.7 Å². The number of amides is 2.